The van der Waals surface area contributed by atoms with Gasteiger partial charge in [-0.05, 0) is 36.7 Å². The van der Waals surface area contributed by atoms with Crippen molar-refractivity contribution in [2.24, 2.45) is 11.8 Å². The molecule has 1 aromatic rings. The second-order valence-corrected chi connectivity index (χ2v) is 8.06. The summed E-state index contributed by atoms with van der Waals surface area (Å²) in [6.07, 6.45) is 7.36. The Morgan fingerprint density at radius 1 is 1.04 bits per heavy atom. The third-order valence-corrected chi connectivity index (χ3v) is 5.58. The second kappa shape index (κ2) is 8.15. The van der Waals surface area contributed by atoms with E-state index in [9.17, 15) is 4.79 Å². The summed E-state index contributed by atoms with van der Waals surface area (Å²) in [6.45, 7) is 6.65. The number of likely N-dealkylation sites (tertiary alicyclic amines) is 1. The molecule has 0 spiro atoms. The maximum Gasteiger partial charge on any atom is 0.242 e. The van der Waals surface area contributed by atoms with Crippen LogP contribution in [0.15, 0.2) is 30.3 Å². The number of carbonyl (C=O) groups is 1. The minimum Gasteiger partial charge on any atom is -0.352 e. The zero-order valence-corrected chi connectivity index (χ0v) is 15.2. The van der Waals surface area contributed by atoms with E-state index in [0.29, 0.717) is 17.9 Å². The molecule has 1 amide bonds. The van der Waals surface area contributed by atoms with E-state index in [4.69, 9.17) is 0 Å². The molecule has 1 aliphatic carbocycles. The van der Waals surface area contributed by atoms with Crippen molar-refractivity contribution in [1.82, 2.24) is 10.2 Å². The molecule has 0 radical (unpaired) electrons. The van der Waals surface area contributed by atoms with E-state index in [-0.39, 0.29) is 11.9 Å². The summed E-state index contributed by atoms with van der Waals surface area (Å²) in [5.41, 5.74) is 1.13. The molecular formula is C21H32N2O. The summed E-state index contributed by atoms with van der Waals surface area (Å²) < 4.78 is 0. The quantitative estimate of drug-likeness (QED) is 0.900. The molecule has 3 rings (SSSR count). The minimum absolute atomic E-state index is 0.140. The van der Waals surface area contributed by atoms with Crippen molar-refractivity contribution in [3.8, 4) is 0 Å². The average Bonchev–Trinajstić information content (AvgIpc) is 2.56. The van der Waals surface area contributed by atoms with Crippen molar-refractivity contribution in [3.05, 3.63) is 35.9 Å². The van der Waals surface area contributed by atoms with Gasteiger partial charge in [0.1, 0.15) is 6.04 Å². The molecule has 1 N–H and O–H groups in total. The average molecular weight is 328 g/mol. The van der Waals surface area contributed by atoms with E-state index in [1.165, 1.54) is 25.7 Å². The van der Waals surface area contributed by atoms with E-state index < -0.39 is 0 Å². The Morgan fingerprint density at radius 2 is 1.67 bits per heavy atom. The zero-order valence-electron chi connectivity index (χ0n) is 15.2. The first-order chi connectivity index (χ1) is 11.6. The van der Waals surface area contributed by atoms with E-state index >= 15 is 0 Å². The van der Waals surface area contributed by atoms with Crippen LogP contribution in [0, 0.1) is 11.8 Å². The molecule has 3 nitrogen and oxygen atoms in total. The molecule has 24 heavy (non-hydrogen) atoms. The van der Waals surface area contributed by atoms with Crippen LogP contribution in [0.3, 0.4) is 0 Å². The van der Waals surface area contributed by atoms with Crippen LogP contribution in [0.4, 0.5) is 0 Å². The fraction of sp³-hybridized carbons (Fsp3) is 0.667. The number of nitrogens with zero attached hydrogens (tertiary/aromatic N) is 1. The van der Waals surface area contributed by atoms with Crippen LogP contribution in [0.2, 0.25) is 0 Å². The van der Waals surface area contributed by atoms with Crippen LogP contribution in [0.5, 0.6) is 0 Å². The Hall–Kier alpha value is -1.35. The Labute approximate surface area is 146 Å². The molecule has 1 saturated carbocycles. The van der Waals surface area contributed by atoms with Crippen molar-refractivity contribution in [3.63, 3.8) is 0 Å². The van der Waals surface area contributed by atoms with Crippen molar-refractivity contribution in [2.45, 2.75) is 64.5 Å². The standard InChI is InChI=1S/C21H32N2O/c1-16-13-17(2)15-23(14-16)20(18-9-5-3-6-10-18)21(24)22-19-11-7-4-8-12-19/h3,5-6,9-10,16-17,19-20H,4,7-8,11-15H2,1-2H3,(H,22,24)/t16-,17+,20-/m0/s1. The molecule has 132 valence electrons. The predicted octanol–water partition coefficient (Wildman–Crippen LogP) is 4.15. The van der Waals surface area contributed by atoms with Crippen LogP contribution in [0.1, 0.15) is 64.0 Å². The van der Waals surface area contributed by atoms with E-state index in [2.05, 4.69) is 36.2 Å². The van der Waals surface area contributed by atoms with Gasteiger partial charge in [0.2, 0.25) is 5.91 Å². The molecule has 3 atom stereocenters. The minimum atomic E-state index is -0.140. The molecule has 0 bridgehead atoms. The second-order valence-electron chi connectivity index (χ2n) is 8.06. The number of amides is 1. The molecule has 0 unspecified atom stereocenters. The van der Waals surface area contributed by atoms with Crippen LogP contribution >= 0.6 is 0 Å². The number of benzene rings is 1. The zero-order chi connectivity index (χ0) is 16.9. The van der Waals surface area contributed by atoms with E-state index in [1.54, 1.807) is 0 Å². The van der Waals surface area contributed by atoms with Gasteiger partial charge in [0.05, 0.1) is 0 Å². The fourth-order valence-corrected chi connectivity index (χ4v) is 4.61. The van der Waals surface area contributed by atoms with Crippen molar-refractivity contribution >= 4 is 5.91 Å². The molecule has 0 aromatic heterocycles. The molecule has 2 fully saturated rings. The first kappa shape index (κ1) is 17.5. The lowest BCUT2D eigenvalue weighted by Crippen LogP contribution is -2.49. The Morgan fingerprint density at radius 3 is 2.29 bits per heavy atom. The van der Waals surface area contributed by atoms with E-state index in [0.717, 1.165) is 31.5 Å². The molecule has 2 aliphatic rings. The van der Waals surface area contributed by atoms with Crippen molar-refractivity contribution < 1.29 is 4.79 Å². The van der Waals surface area contributed by atoms with Crippen LogP contribution in [0.25, 0.3) is 0 Å². The number of piperidine rings is 1. The summed E-state index contributed by atoms with van der Waals surface area (Å²) in [5.74, 6) is 1.51. The maximum absolute atomic E-state index is 13.2. The highest BCUT2D eigenvalue weighted by Gasteiger charge is 2.33. The lowest BCUT2D eigenvalue weighted by atomic mass is 9.89. The van der Waals surface area contributed by atoms with Gasteiger partial charge in [-0.15, -0.1) is 0 Å². The van der Waals surface area contributed by atoms with Crippen LogP contribution in [-0.2, 0) is 4.79 Å². The number of rotatable bonds is 4. The number of nitrogens with one attached hydrogen (secondary N) is 1. The summed E-state index contributed by atoms with van der Waals surface area (Å²) >= 11 is 0. The molecule has 1 saturated heterocycles. The van der Waals surface area contributed by atoms with Gasteiger partial charge in [0.25, 0.3) is 0 Å². The summed E-state index contributed by atoms with van der Waals surface area (Å²) in [5, 5.41) is 3.36. The van der Waals surface area contributed by atoms with Crippen LogP contribution in [-0.4, -0.2) is 29.9 Å². The lowest BCUT2D eigenvalue weighted by molar-refractivity contribution is -0.128. The van der Waals surface area contributed by atoms with Gasteiger partial charge in [0.15, 0.2) is 0 Å². The van der Waals surface area contributed by atoms with Gasteiger partial charge < -0.3 is 5.32 Å². The van der Waals surface area contributed by atoms with Gasteiger partial charge in [0, 0.05) is 19.1 Å². The Bertz CT molecular complexity index is 514. The summed E-state index contributed by atoms with van der Waals surface area (Å²) in [7, 11) is 0. The normalized spacial score (nSPS) is 27.6. The number of carbonyl (C=O) groups excluding carboxylic acids is 1. The van der Waals surface area contributed by atoms with Crippen molar-refractivity contribution in [1.29, 1.82) is 0 Å². The van der Waals surface area contributed by atoms with Gasteiger partial charge >= 0.3 is 0 Å². The molecule has 1 aromatic carbocycles. The summed E-state index contributed by atoms with van der Waals surface area (Å²) in [4.78, 5) is 15.6. The molecule has 1 heterocycles. The highest BCUT2D eigenvalue weighted by molar-refractivity contribution is 5.83. The molecular weight excluding hydrogens is 296 g/mol. The SMILES string of the molecule is C[C@@H]1C[C@H](C)CN([C@H](C(=O)NC2CCCCC2)c2ccccc2)C1. The van der Waals surface area contributed by atoms with Gasteiger partial charge in [-0.25, -0.2) is 0 Å². The van der Waals surface area contributed by atoms with Gasteiger partial charge in [-0.2, -0.15) is 0 Å². The Balaban J connectivity index is 1.77. The molecule has 3 heteroatoms. The monoisotopic (exact) mass is 328 g/mol. The predicted molar refractivity (Wildman–Crippen MR) is 98.7 cm³/mol. The smallest absolute Gasteiger partial charge is 0.242 e. The largest absolute Gasteiger partial charge is 0.352 e. The van der Waals surface area contributed by atoms with Crippen LogP contribution < -0.4 is 5.32 Å². The summed E-state index contributed by atoms with van der Waals surface area (Å²) in [6, 6.07) is 10.6. The third-order valence-electron chi connectivity index (χ3n) is 5.58. The highest BCUT2D eigenvalue weighted by Crippen LogP contribution is 2.30. The number of hydrogen-bond donors (Lipinski definition) is 1. The first-order valence-electron chi connectivity index (χ1n) is 9.73. The van der Waals surface area contributed by atoms with Crippen molar-refractivity contribution in [2.75, 3.05) is 13.1 Å². The first-order valence-corrected chi connectivity index (χ1v) is 9.73. The lowest BCUT2D eigenvalue weighted by Gasteiger charge is -2.40. The topological polar surface area (TPSA) is 32.3 Å². The molecule has 1 aliphatic heterocycles. The highest BCUT2D eigenvalue weighted by atomic mass is 16.2. The Kier molecular flexibility index (Phi) is 5.94. The van der Waals surface area contributed by atoms with E-state index in [1.807, 2.05) is 18.2 Å². The fourth-order valence-electron chi connectivity index (χ4n) is 4.61. The van der Waals surface area contributed by atoms with Gasteiger partial charge in [-0.1, -0.05) is 63.4 Å². The van der Waals surface area contributed by atoms with Gasteiger partial charge in [-0.3, -0.25) is 9.69 Å². The third kappa shape index (κ3) is 4.38. The maximum atomic E-state index is 13.2. The number of hydrogen-bond acceptors (Lipinski definition) is 2.